The second-order valence-corrected chi connectivity index (χ2v) is 9.99. The van der Waals surface area contributed by atoms with Gasteiger partial charge in [0.05, 0.1) is 15.6 Å². The molecule has 37 heavy (non-hydrogen) atoms. The molecule has 8 nitrogen and oxygen atoms in total. The van der Waals surface area contributed by atoms with Crippen LogP contribution in [0.5, 0.6) is 5.75 Å². The molecule has 0 aliphatic rings. The van der Waals surface area contributed by atoms with E-state index in [0.717, 1.165) is 23.8 Å². The number of anilines is 1. The first-order valence-electron chi connectivity index (χ1n) is 10.4. The van der Waals surface area contributed by atoms with Gasteiger partial charge in [-0.2, -0.15) is 13.2 Å². The van der Waals surface area contributed by atoms with Crippen LogP contribution in [0.1, 0.15) is 22.8 Å². The Hall–Kier alpha value is -3.61. The van der Waals surface area contributed by atoms with Crippen LogP contribution >= 0.6 is 11.6 Å². The molecule has 3 aromatic rings. The number of hydrogen-bond donors (Lipinski definition) is 3. The summed E-state index contributed by atoms with van der Waals surface area (Å²) in [6.45, 7) is 0.554. The van der Waals surface area contributed by atoms with Crippen molar-refractivity contribution in [2.24, 2.45) is 0 Å². The Kier molecular flexibility index (Phi) is 8.16. The molecule has 0 heterocycles. The maximum Gasteiger partial charge on any atom is 0.426 e. The molecule has 0 unspecified atom stereocenters. The monoisotopic (exact) mass is 556 g/mol. The molecule has 0 fully saturated rings. The van der Waals surface area contributed by atoms with Gasteiger partial charge in [-0.25, -0.2) is 13.1 Å². The number of alkyl halides is 3. The van der Waals surface area contributed by atoms with Gasteiger partial charge < -0.3 is 15.2 Å². The summed E-state index contributed by atoms with van der Waals surface area (Å²) >= 11 is 5.92. The second-order valence-electron chi connectivity index (χ2n) is 7.90. The molecule has 0 spiro atoms. The van der Waals surface area contributed by atoms with Gasteiger partial charge in [0.25, 0.3) is 21.8 Å². The summed E-state index contributed by atoms with van der Waals surface area (Å²) in [5.41, 5.74) is -3.14. The predicted octanol–water partition coefficient (Wildman–Crippen LogP) is 4.29. The van der Waals surface area contributed by atoms with Gasteiger partial charge in [-0.1, -0.05) is 41.9 Å². The van der Waals surface area contributed by atoms with E-state index >= 15 is 0 Å². The van der Waals surface area contributed by atoms with Crippen LogP contribution in [0, 0.1) is 0 Å². The number of sulfonamides is 1. The van der Waals surface area contributed by atoms with Crippen LogP contribution in [0.2, 0.25) is 5.02 Å². The third kappa shape index (κ3) is 6.79. The highest BCUT2D eigenvalue weighted by Gasteiger charge is 2.55. The molecule has 0 saturated heterocycles. The topological polar surface area (TPSA) is 122 Å². The van der Waals surface area contributed by atoms with Crippen LogP contribution in [0.15, 0.2) is 77.7 Å². The van der Waals surface area contributed by atoms with E-state index in [-0.39, 0.29) is 18.2 Å². The van der Waals surface area contributed by atoms with E-state index in [0.29, 0.717) is 12.4 Å². The van der Waals surface area contributed by atoms with Crippen molar-refractivity contribution in [3.05, 3.63) is 88.9 Å². The second kappa shape index (κ2) is 10.8. The fourth-order valence-electron chi connectivity index (χ4n) is 2.82. The van der Waals surface area contributed by atoms with E-state index in [1.165, 1.54) is 24.3 Å². The first-order chi connectivity index (χ1) is 17.2. The maximum atomic E-state index is 12.8. The number of carbonyl (C=O) groups is 2. The van der Waals surface area contributed by atoms with Crippen LogP contribution in [0.3, 0.4) is 0 Å². The highest BCUT2D eigenvalue weighted by Crippen LogP contribution is 2.32. The number of nitrogens with one attached hydrogen (secondary N) is 2. The van der Waals surface area contributed by atoms with Gasteiger partial charge in [-0.05, 0) is 55.0 Å². The Morgan fingerprint density at radius 2 is 1.62 bits per heavy atom. The summed E-state index contributed by atoms with van der Waals surface area (Å²) < 4.78 is 71.2. The number of benzene rings is 3. The Morgan fingerprint density at radius 1 is 1.00 bits per heavy atom. The lowest BCUT2D eigenvalue weighted by molar-refractivity contribution is -0.242. The zero-order chi connectivity index (χ0) is 27.4. The lowest BCUT2D eigenvalue weighted by atomic mass is 10.1. The summed E-state index contributed by atoms with van der Waals surface area (Å²) in [6, 6.07) is 17.7. The van der Waals surface area contributed by atoms with Gasteiger partial charge >= 0.3 is 6.18 Å². The lowest BCUT2D eigenvalue weighted by Gasteiger charge is -2.25. The van der Waals surface area contributed by atoms with Crippen molar-refractivity contribution in [1.82, 2.24) is 4.72 Å². The summed E-state index contributed by atoms with van der Waals surface area (Å²) in [7, 11) is -4.44. The number of aliphatic hydroxyl groups is 1. The number of ether oxygens (including phenoxy) is 1. The molecule has 3 N–H and O–H groups in total. The number of rotatable bonds is 8. The average molecular weight is 557 g/mol. The zero-order valence-electron chi connectivity index (χ0n) is 19.0. The first kappa shape index (κ1) is 28.0. The smallest absolute Gasteiger partial charge is 0.426 e. The molecule has 3 rings (SSSR count). The van der Waals surface area contributed by atoms with Crippen LogP contribution < -0.4 is 14.8 Å². The van der Waals surface area contributed by atoms with Crippen molar-refractivity contribution >= 4 is 39.1 Å². The van der Waals surface area contributed by atoms with Gasteiger partial charge in [-0.3, -0.25) is 9.59 Å². The quantitative estimate of drug-likeness (QED) is 0.380. The Labute approximate surface area is 215 Å². The maximum absolute atomic E-state index is 12.8. The predicted molar refractivity (Wildman–Crippen MR) is 129 cm³/mol. The normalized spacial score (nSPS) is 13.4. The van der Waals surface area contributed by atoms with Gasteiger partial charge in [-0.15, -0.1) is 0 Å². The zero-order valence-corrected chi connectivity index (χ0v) is 20.6. The Bertz CT molecular complexity index is 1400. The molecule has 0 aliphatic heterocycles. The number of hydrogen-bond acceptors (Lipinski definition) is 6. The Balaban J connectivity index is 1.66. The van der Waals surface area contributed by atoms with E-state index < -0.39 is 43.5 Å². The highest BCUT2D eigenvalue weighted by molar-refractivity contribution is 7.90. The fourth-order valence-corrected chi connectivity index (χ4v) is 4.11. The van der Waals surface area contributed by atoms with E-state index in [9.17, 15) is 36.3 Å². The van der Waals surface area contributed by atoms with Crippen LogP contribution in [-0.4, -0.2) is 37.1 Å². The molecule has 196 valence electrons. The van der Waals surface area contributed by atoms with E-state index in [1.54, 1.807) is 5.32 Å². The summed E-state index contributed by atoms with van der Waals surface area (Å²) in [5.74, 6) is -2.32. The fraction of sp³-hybridized carbons (Fsp3) is 0.167. The van der Waals surface area contributed by atoms with Gasteiger partial charge in [0.15, 0.2) is 0 Å². The van der Waals surface area contributed by atoms with E-state index in [2.05, 4.69) is 0 Å². The standard InChI is InChI=1S/C24H20ClF3N2O6S/c1-23(33,24(26,27)28)22(32)29-20-12-11-18(13-19(20)25)37(34,35)30-21(31)16-7-9-17(10-8-16)36-14-15-5-3-2-4-6-15/h2-13,33H,14H2,1H3,(H,29,32)(H,30,31)/t23-/m1/s1. The summed E-state index contributed by atoms with van der Waals surface area (Å²) in [5, 5.41) is 10.8. The van der Waals surface area contributed by atoms with Crippen molar-refractivity contribution in [1.29, 1.82) is 0 Å². The Morgan fingerprint density at radius 3 is 2.19 bits per heavy atom. The summed E-state index contributed by atoms with van der Waals surface area (Å²) in [4.78, 5) is 23.8. The minimum atomic E-state index is -5.26. The van der Waals surface area contributed by atoms with Gasteiger partial charge in [0.2, 0.25) is 5.60 Å². The molecule has 1 atom stereocenters. The highest BCUT2D eigenvalue weighted by atomic mass is 35.5. The van der Waals surface area contributed by atoms with Gasteiger partial charge in [0.1, 0.15) is 12.4 Å². The van der Waals surface area contributed by atoms with Crippen LogP contribution in [0.25, 0.3) is 0 Å². The van der Waals surface area contributed by atoms with Gasteiger partial charge in [0, 0.05) is 5.56 Å². The number of amides is 2. The number of carbonyl (C=O) groups excluding carboxylic acids is 2. The molecule has 0 radical (unpaired) electrons. The van der Waals surface area contributed by atoms with Crippen molar-refractivity contribution in [2.75, 3.05) is 5.32 Å². The largest absolute Gasteiger partial charge is 0.489 e. The number of halogens is 4. The molecule has 3 aromatic carbocycles. The van der Waals surface area contributed by atoms with Crippen molar-refractivity contribution in [3.8, 4) is 5.75 Å². The van der Waals surface area contributed by atoms with Crippen molar-refractivity contribution in [2.45, 2.75) is 30.2 Å². The van der Waals surface area contributed by atoms with E-state index in [1.807, 2.05) is 35.1 Å². The van der Waals surface area contributed by atoms with Crippen molar-refractivity contribution in [3.63, 3.8) is 0 Å². The van der Waals surface area contributed by atoms with E-state index in [4.69, 9.17) is 16.3 Å². The molecule has 0 bridgehead atoms. The minimum Gasteiger partial charge on any atom is -0.489 e. The third-order valence-corrected chi connectivity index (χ3v) is 6.73. The average Bonchev–Trinajstić information content (AvgIpc) is 2.83. The molecule has 2 amide bonds. The molecular weight excluding hydrogens is 537 g/mol. The molecular formula is C24H20ClF3N2O6S. The SMILES string of the molecule is C[C@@](O)(C(=O)Nc1ccc(S(=O)(=O)NC(=O)c2ccc(OCc3ccccc3)cc2)cc1Cl)C(F)(F)F. The molecule has 0 aromatic heterocycles. The van der Waals surface area contributed by atoms with Crippen LogP contribution in [-0.2, 0) is 21.4 Å². The molecule has 0 saturated carbocycles. The minimum absolute atomic E-state index is 0.0139. The third-order valence-electron chi connectivity index (χ3n) is 5.09. The van der Waals surface area contributed by atoms with Crippen molar-refractivity contribution < 1.29 is 41.0 Å². The molecule has 0 aliphatic carbocycles. The lowest BCUT2D eigenvalue weighted by Crippen LogP contribution is -2.52. The van der Waals surface area contributed by atoms with Crippen LogP contribution in [0.4, 0.5) is 18.9 Å². The molecule has 13 heteroatoms. The first-order valence-corrected chi connectivity index (χ1v) is 12.3. The summed E-state index contributed by atoms with van der Waals surface area (Å²) in [6.07, 6.45) is -5.26.